The first-order valence-corrected chi connectivity index (χ1v) is 9.94. The Kier molecular flexibility index (Phi) is 2.72. The first-order chi connectivity index (χ1) is 10.8. The molecule has 0 aromatic carbocycles. The summed E-state index contributed by atoms with van der Waals surface area (Å²) in [6.45, 7) is 0. The highest BCUT2D eigenvalue weighted by Crippen LogP contribution is 2.70. The highest BCUT2D eigenvalue weighted by Gasteiger charge is 2.64. The predicted molar refractivity (Wildman–Crippen MR) is 77.0 cm³/mol. The highest BCUT2D eigenvalue weighted by molar-refractivity contribution is 7.86. The molecule has 8 unspecified atom stereocenters. The standard InChI is InChI=1S/C16H20F2O4S/c17-16(18,23(19,20)21)13-6-12(22-13)10-4-9-5-11(10)15-8-2-1-7(3-8)14(9)15/h6-11,13-15H,1-5H2,(H,19,20,21). The molecule has 8 atom stereocenters. The molecule has 23 heavy (non-hydrogen) atoms. The van der Waals surface area contributed by atoms with E-state index in [1.54, 1.807) is 0 Å². The number of allylic oxidation sites excluding steroid dienone is 1. The Morgan fingerprint density at radius 3 is 2.39 bits per heavy atom. The van der Waals surface area contributed by atoms with Gasteiger partial charge in [-0.25, -0.2) is 0 Å². The molecule has 5 aliphatic rings. The van der Waals surface area contributed by atoms with E-state index in [1.165, 1.54) is 31.8 Å². The molecule has 5 rings (SSSR count). The molecule has 0 saturated heterocycles. The zero-order valence-electron chi connectivity index (χ0n) is 12.6. The maximum Gasteiger partial charge on any atom is 0.409 e. The van der Waals surface area contributed by atoms with E-state index in [0.29, 0.717) is 17.6 Å². The fourth-order valence-corrected chi connectivity index (χ4v) is 7.12. The minimum absolute atomic E-state index is 0.175. The molecule has 0 aromatic heterocycles. The lowest BCUT2D eigenvalue weighted by Crippen LogP contribution is -2.47. The summed E-state index contributed by atoms with van der Waals surface area (Å²) in [6.07, 6.45) is 5.56. The monoisotopic (exact) mass is 346 g/mol. The molecule has 7 heteroatoms. The lowest BCUT2D eigenvalue weighted by molar-refractivity contribution is -0.0794. The van der Waals surface area contributed by atoms with Crippen molar-refractivity contribution in [2.75, 3.05) is 0 Å². The number of rotatable bonds is 3. The van der Waals surface area contributed by atoms with Gasteiger partial charge in [0.25, 0.3) is 0 Å². The number of alkyl halides is 2. The summed E-state index contributed by atoms with van der Waals surface area (Å²) in [6, 6.07) is 0. The van der Waals surface area contributed by atoms with Crippen molar-refractivity contribution in [2.45, 2.75) is 43.5 Å². The van der Waals surface area contributed by atoms with Gasteiger partial charge in [-0.2, -0.15) is 17.2 Å². The fraction of sp³-hybridized carbons (Fsp3) is 0.875. The first-order valence-electron chi connectivity index (χ1n) is 8.50. The summed E-state index contributed by atoms with van der Waals surface area (Å²) >= 11 is 0. The molecule has 4 nitrogen and oxygen atoms in total. The Bertz CT molecular complexity index is 688. The van der Waals surface area contributed by atoms with Crippen molar-refractivity contribution < 1.29 is 26.5 Å². The maximum atomic E-state index is 13.6. The molecule has 128 valence electrons. The van der Waals surface area contributed by atoms with Gasteiger partial charge in [0.1, 0.15) is 5.76 Å². The molecule has 0 aromatic rings. The molecule has 0 radical (unpaired) electrons. The molecular weight excluding hydrogens is 326 g/mol. The summed E-state index contributed by atoms with van der Waals surface area (Å²) in [5.41, 5.74) is 0. The van der Waals surface area contributed by atoms with E-state index in [2.05, 4.69) is 0 Å². The summed E-state index contributed by atoms with van der Waals surface area (Å²) in [5, 5.41) is -4.26. The Hall–Kier alpha value is -0.690. The summed E-state index contributed by atoms with van der Waals surface area (Å²) < 4.78 is 62.5. The van der Waals surface area contributed by atoms with Gasteiger partial charge in [-0.1, -0.05) is 0 Å². The Balaban J connectivity index is 1.35. The van der Waals surface area contributed by atoms with Crippen molar-refractivity contribution in [1.29, 1.82) is 0 Å². The molecule has 1 N–H and O–H groups in total. The van der Waals surface area contributed by atoms with E-state index < -0.39 is 21.5 Å². The molecular formula is C16H20F2O4S. The van der Waals surface area contributed by atoms with E-state index in [1.807, 2.05) is 0 Å². The zero-order valence-corrected chi connectivity index (χ0v) is 13.4. The van der Waals surface area contributed by atoms with Crippen molar-refractivity contribution in [3.8, 4) is 0 Å². The minimum Gasteiger partial charge on any atom is -0.483 e. The molecule has 4 saturated carbocycles. The molecule has 1 heterocycles. The SMILES string of the molecule is O=S(=O)(O)C(F)(F)C1C=C(C2CC3CC2C2C4CCC(C4)C32)O1. The minimum atomic E-state index is -5.44. The Morgan fingerprint density at radius 1 is 1.09 bits per heavy atom. The van der Waals surface area contributed by atoms with Crippen LogP contribution >= 0.6 is 0 Å². The lowest BCUT2D eigenvalue weighted by atomic mass is 9.67. The van der Waals surface area contributed by atoms with Crippen LogP contribution in [0.3, 0.4) is 0 Å². The van der Waals surface area contributed by atoms with Crippen molar-refractivity contribution >= 4 is 10.1 Å². The topological polar surface area (TPSA) is 63.6 Å². The van der Waals surface area contributed by atoms with E-state index in [9.17, 15) is 17.2 Å². The van der Waals surface area contributed by atoms with Crippen LogP contribution in [0.4, 0.5) is 8.78 Å². The van der Waals surface area contributed by atoms with E-state index in [-0.39, 0.29) is 5.92 Å². The van der Waals surface area contributed by atoms with Gasteiger partial charge < -0.3 is 4.74 Å². The van der Waals surface area contributed by atoms with Crippen LogP contribution in [0.5, 0.6) is 0 Å². The van der Waals surface area contributed by atoms with Gasteiger partial charge in [0.2, 0.25) is 6.10 Å². The molecule has 4 fully saturated rings. The van der Waals surface area contributed by atoms with Crippen molar-refractivity contribution in [1.82, 2.24) is 0 Å². The third-order valence-corrected chi connectivity index (χ3v) is 8.27. The van der Waals surface area contributed by atoms with Gasteiger partial charge in [-0.05, 0) is 67.6 Å². The summed E-state index contributed by atoms with van der Waals surface area (Å²) in [7, 11) is -5.44. The van der Waals surface area contributed by atoms with Crippen LogP contribution in [0.15, 0.2) is 11.8 Å². The smallest absolute Gasteiger partial charge is 0.409 e. The number of hydrogen-bond donors (Lipinski definition) is 1. The molecule has 0 spiro atoms. The lowest BCUT2D eigenvalue weighted by Gasteiger charge is -2.42. The number of fused-ring (bicyclic) bond motifs is 9. The van der Waals surface area contributed by atoms with Crippen LogP contribution in [0.1, 0.15) is 32.1 Å². The normalized spacial score (nSPS) is 50.5. The average Bonchev–Trinajstić information content (AvgIpc) is 3.14. The van der Waals surface area contributed by atoms with E-state index in [4.69, 9.17) is 9.29 Å². The van der Waals surface area contributed by atoms with Crippen LogP contribution in [-0.2, 0) is 14.9 Å². The van der Waals surface area contributed by atoms with Crippen LogP contribution in [-0.4, -0.2) is 24.3 Å². The molecule has 4 aliphatic carbocycles. The largest absolute Gasteiger partial charge is 0.483 e. The average molecular weight is 346 g/mol. The van der Waals surface area contributed by atoms with Crippen LogP contribution in [0.25, 0.3) is 0 Å². The molecule has 1 aliphatic heterocycles. The van der Waals surface area contributed by atoms with Gasteiger partial charge >= 0.3 is 15.4 Å². The molecule has 0 amide bonds. The third kappa shape index (κ3) is 1.75. The van der Waals surface area contributed by atoms with Crippen LogP contribution in [0, 0.1) is 41.4 Å². The van der Waals surface area contributed by atoms with Crippen LogP contribution < -0.4 is 0 Å². The zero-order chi connectivity index (χ0) is 16.1. The quantitative estimate of drug-likeness (QED) is 0.630. The van der Waals surface area contributed by atoms with Gasteiger partial charge in [-0.15, -0.1) is 0 Å². The maximum absolute atomic E-state index is 13.6. The summed E-state index contributed by atoms with van der Waals surface area (Å²) in [5.74, 6) is 5.17. The van der Waals surface area contributed by atoms with Gasteiger partial charge in [0, 0.05) is 12.0 Å². The second-order valence-corrected chi connectivity index (χ2v) is 9.63. The predicted octanol–water partition coefficient (Wildman–Crippen LogP) is 3.07. The van der Waals surface area contributed by atoms with Crippen LogP contribution in [0.2, 0.25) is 0 Å². The fourth-order valence-electron chi connectivity index (χ4n) is 6.71. The van der Waals surface area contributed by atoms with E-state index in [0.717, 1.165) is 30.1 Å². The second-order valence-electron chi connectivity index (χ2n) is 8.13. The van der Waals surface area contributed by atoms with Gasteiger partial charge in [0.15, 0.2) is 0 Å². The van der Waals surface area contributed by atoms with E-state index >= 15 is 0 Å². The third-order valence-electron chi connectivity index (χ3n) is 7.35. The number of halogens is 2. The Morgan fingerprint density at radius 2 is 1.74 bits per heavy atom. The van der Waals surface area contributed by atoms with Crippen molar-refractivity contribution in [3.05, 3.63) is 11.8 Å². The number of ether oxygens (including phenoxy) is 1. The molecule has 4 bridgehead atoms. The first kappa shape index (κ1) is 14.6. The van der Waals surface area contributed by atoms with Crippen molar-refractivity contribution in [2.24, 2.45) is 41.4 Å². The summed E-state index contributed by atoms with van der Waals surface area (Å²) in [4.78, 5) is 0. The van der Waals surface area contributed by atoms with Gasteiger partial charge in [0.05, 0.1) is 0 Å². The number of hydrogen-bond acceptors (Lipinski definition) is 3. The van der Waals surface area contributed by atoms with Gasteiger partial charge in [-0.3, -0.25) is 4.55 Å². The Labute approximate surface area is 134 Å². The van der Waals surface area contributed by atoms with Crippen molar-refractivity contribution in [3.63, 3.8) is 0 Å². The highest BCUT2D eigenvalue weighted by atomic mass is 32.2. The second kappa shape index (κ2) is 4.28.